The molecule has 0 fully saturated rings. The molecule has 9 heteroatoms. The van der Waals surface area contributed by atoms with Gasteiger partial charge in [0.1, 0.15) is 0 Å². The van der Waals surface area contributed by atoms with Crippen LogP contribution in [0.15, 0.2) is 47.4 Å². The highest BCUT2D eigenvalue weighted by atomic mass is 32.2. The first-order valence-electron chi connectivity index (χ1n) is 7.94. The molecule has 0 aromatic heterocycles. The number of hydrogen-bond donors (Lipinski definition) is 0. The number of ketones is 1. The number of benzene rings is 2. The van der Waals surface area contributed by atoms with E-state index in [1.165, 1.54) is 50.2 Å². The van der Waals surface area contributed by atoms with Crippen molar-refractivity contribution in [1.29, 1.82) is 0 Å². The average molecular weight is 391 g/mol. The van der Waals surface area contributed by atoms with Crippen LogP contribution in [0.4, 0.5) is 5.69 Å². The third kappa shape index (κ3) is 4.56. The molecule has 0 aliphatic rings. The minimum atomic E-state index is -3.65. The number of nitrogens with zero attached hydrogens (tertiary/aromatic N) is 1. The first-order chi connectivity index (χ1) is 12.7. The van der Waals surface area contributed by atoms with Crippen LogP contribution in [0.25, 0.3) is 0 Å². The number of hydrogen-bond acceptors (Lipinski definition) is 7. The van der Waals surface area contributed by atoms with Gasteiger partial charge in [-0.15, -0.1) is 0 Å². The second-order valence-corrected chi connectivity index (χ2v) is 7.90. The summed E-state index contributed by atoms with van der Waals surface area (Å²) >= 11 is 0. The number of Topliss-reactive ketones (excluding diaryl/α,β-unsaturated/α-hetero) is 1. The molecule has 0 unspecified atom stereocenters. The van der Waals surface area contributed by atoms with Crippen molar-refractivity contribution in [3.8, 4) is 0 Å². The third-order valence-electron chi connectivity index (χ3n) is 3.88. The van der Waals surface area contributed by atoms with E-state index in [0.717, 1.165) is 6.07 Å². The molecule has 0 saturated carbocycles. The second-order valence-electron chi connectivity index (χ2n) is 5.66. The Hall–Kier alpha value is -3.07. The van der Waals surface area contributed by atoms with Crippen LogP contribution >= 0.6 is 0 Å². The van der Waals surface area contributed by atoms with Gasteiger partial charge in [0.15, 0.2) is 16.4 Å². The van der Waals surface area contributed by atoms with E-state index < -0.39 is 33.1 Å². The highest BCUT2D eigenvalue weighted by molar-refractivity contribution is 7.91. The summed E-state index contributed by atoms with van der Waals surface area (Å²) in [4.78, 5) is 34.6. The summed E-state index contributed by atoms with van der Waals surface area (Å²) in [5.74, 6) is -1.79. The average Bonchev–Trinajstić information content (AvgIpc) is 2.65. The molecule has 0 bridgehead atoms. The van der Waals surface area contributed by atoms with Crippen molar-refractivity contribution in [2.75, 3.05) is 12.4 Å². The van der Waals surface area contributed by atoms with Crippen molar-refractivity contribution < 1.29 is 27.7 Å². The third-order valence-corrected chi connectivity index (χ3v) is 5.67. The molecule has 2 aromatic rings. The Morgan fingerprint density at radius 3 is 2.44 bits per heavy atom. The number of ether oxygens (including phenoxy) is 1. The van der Waals surface area contributed by atoms with E-state index in [1.54, 1.807) is 0 Å². The molecule has 142 valence electrons. The highest BCUT2D eigenvalue weighted by Gasteiger charge is 2.23. The van der Waals surface area contributed by atoms with Crippen LogP contribution in [0.2, 0.25) is 0 Å². The lowest BCUT2D eigenvalue weighted by Crippen LogP contribution is -2.17. The zero-order chi connectivity index (χ0) is 20.2. The molecule has 0 aliphatic carbocycles. The predicted octanol–water partition coefficient (Wildman–Crippen LogP) is 2.74. The molecular weight excluding hydrogens is 374 g/mol. The van der Waals surface area contributed by atoms with Gasteiger partial charge in [-0.25, -0.2) is 13.2 Å². The second kappa shape index (κ2) is 8.09. The van der Waals surface area contributed by atoms with Gasteiger partial charge in [-0.1, -0.05) is 31.2 Å². The Balaban J connectivity index is 2.19. The molecule has 0 spiro atoms. The minimum Gasteiger partial charge on any atom is -0.454 e. The van der Waals surface area contributed by atoms with Crippen LogP contribution in [0.1, 0.15) is 33.2 Å². The summed E-state index contributed by atoms with van der Waals surface area (Å²) in [7, 11) is -3.65. The van der Waals surface area contributed by atoms with Crippen LogP contribution in [0.3, 0.4) is 0 Å². The van der Waals surface area contributed by atoms with Crippen LogP contribution < -0.4 is 0 Å². The Bertz CT molecular complexity index is 1010. The molecule has 0 heterocycles. The van der Waals surface area contributed by atoms with Crippen molar-refractivity contribution in [3.05, 3.63) is 69.3 Å². The molecule has 8 nitrogen and oxygen atoms in total. The van der Waals surface area contributed by atoms with E-state index in [9.17, 15) is 28.1 Å². The smallest absolute Gasteiger partial charge is 0.339 e. The van der Waals surface area contributed by atoms with Crippen molar-refractivity contribution >= 4 is 27.3 Å². The number of carbonyl (C=O) groups is 2. The number of sulfone groups is 1. The SMILES string of the molecule is CCS(=O)(=O)c1ccccc1C(=O)OCC(=O)c1ccc(C)c([N+](=O)[O-])c1. The van der Waals surface area contributed by atoms with Crippen molar-refractivity contribution in [1.82, 2.24) is 0 Å². The molecule has 0 aliphatic heterocycles. The summed E-state index contributed by atoms with van der Waals surface area (Å²) in [6.45, 7) is 2.32. The molecule has 2 rings (SSSR count). The number of nitro benzene ring substituents is 1. The first-order valence-corrected chi connectivity index (χ1v) is 9.59. The van der Waals surface area contributed by atoms with Crippen LogP contribution in [0, 0.1) is 17.0 Å². The summed E-state index contributed by atoms with van der Waals surface area (Å²) in [5.41, 5.74) is 0.0374. The molecule has 27 heavy (non-hydrogen) atoms. The van der Waals surface area contributed by atoms with Gasteiger partial charge in [0.2, 0.25) is 5.78 Å². The quantitative estimate of drug-likeness (QED) is 0.308. The first kappa shape index (κ1) is 20.2. The fourth-order valence-electron chi connectivity index (χ4n) is 2.33. The molecule has 0 atom stereocenters. The van der Waals surface area contributed by atoms with E-state index in [0.29, 0.717) is 5.56 Å². The van der Waals surface area contributed by atoms with Gasteiger partial charge in [-0.05, 0) is 19.1 Å². The Morgan fingerprint density at radius 1 is 1.15 bits per heavy atom. The van der Waals surface area contributed by atoms with Crippen LogP contribution in [-0.2, 0) is 14.6 Å². The fourth-order valence-corrected chi connectivity index (χ4v) is 3.42. The molecule has 0 saturated heterocycles. The van der Waals surface area contributed by atoms with Gasteiger partial charge >= 0.3 is 5.97 Å². The van der Waals surface area contributed by atoms with Gasteiger partial charge < -0.3 is 4.74 Å². The summed E-state index contributed by atoms with van der Waals surface area (Å²) in [6, 6.07) is 9.49. The maximum absolute atomic E-state index is 12.2. The normalized spacial score (nSPS) is 11.0. The van der Waals surface area contributed by atoms with E-state index in [-0.39, 0.29) is 27.5 Å². The van der Waals surface area contributed by atoms with E-state index in [2.05, 4.69) is 0 Å². The van der Waals surface area contributed by atoms with E-state index in [4.69, 9.17) is 4.74 Å². The Labute approximate surface area is 155 Å². The largest absolute Gasteiger partial charge is 0.454 e. The lowest BCUT2D eigenvalue weighted by atomic mass is 10.1. The number of rotatable bonds is 7. The van der Waals surface area contributed by atoms with Gasteiger partial charge in [-0.3, -0.25) is 14.9 Å². The summed E-state index contributed by atoms with van der Waals surface area (Å²) < 4.78 is 29.1. The highest BCUT2D eigenvalue weighted by Crippen LogP contribution is 2.21. The standard InChI is InChI=1S/C18H17NO7S/c1-3-27(24,25)17-7-5-4-6-14(17)18(21)26-11-16(20)13-9-8-12(2)15(10-13)19(22)23/h4-10H,3,11H2,1-2H3. The number of esters is 1. The fraction of sp³-hybridized carbons (Fsp3) is 0.222. The van der Waals surface area contributed by atoms with E-state index in [1.807, 2.05) is 0 Å². The zero-order valence-corrected chi connectivity index (χ0v) is 15.5. The van der Waals surface area contributed by atoms with Gasteiger partial charge in [0.05, 0.1) is 21.1 Å². The van der Waals surface area contributed by atoms with Crippen LogP contribution in [0.5, 0.6) is 0 Å². The predicted molar refractivity (Wildman–Crippen MR) is 96.6 cm³/mol. The maximum atomic E-state index is 12.2. The topological polar surface area (TPSA) is 121 Å². The molecule has 0 radical (unpaired) electrons. The van der Waals surface area contributed by atoms with Crippen molar-refractivity contribution in [3.63, 3.8) is 0 Å². The Kier molecular flexibility index (Phi) is 6.06. The monoisotopic (exact) mass is 391 g/mol. The number of aryl methyl sites for hydroxylation is 1. The van der Waals surface area contributed by atoms with Gasteiger partial charge in [-0.2, -0.15) is 0 Å². The molecule has 2 aromatic carbocycles. The maximum Gasteiger partial charge on any atom is 0.339 e. The Morgan fingerprint density at radius 2 is 1.81 bits per heavy atom. The van der Waals surface area contributed by atoms with Crippen molar-refractivity contribution in [2.24, 2.45) is 0 Å². The minimum absolute atomic E-state index is 0.0227. The summed E-state index contributed by atoms with van der Waals surface area (Å²) in [5, 5.41) is 11.0. The van der Waals surface area contributed by atoms with Crippen LogP contribution in [-0.4, -0.2) is 37.5 Å². The molecule has 0 N–H and O–H groups in total. The molecular formula is C18H17NO7S. The van der Waals surface area contributed by atoms with Gasteiger partial charge in [0, 0.05) is 17.2 Å². The lowest BCUT2D eigenvalue weighted by molar-refractivity contribution is -0.385. The lowest BCUT2D eigenvalue weighted by Gasteiger charge is -2.09. The van der Waals surface area contributed by atoms with E-state index >= 15 is 0 Å². The molecule has 0 amide bonds. The number of nitro groups is 1. The van der Waals surface area contributed by atoms with Crippen molar-refractivity contribution in [2.45, 2.75) is 18.7 Å². The zero-order valence-electron chi connectivity index (χ0n) is 14.7. The number of carbonyl (C=O) groups excluding carboxylic acids is 2. The summed E-state index contributed by atoms with van der Waals surface area (Å²) in [6.07, 6.45) is 0. The van der Waals surface area contributed by atoms with Gasteiger partial charge in [0.25, 0.3) is 5.69 Å².